The predicted molar refractivity (Wildman–Crippen MR) is 107 cm³/mol. The standard InChI is InChI=1S/C20H31N5O/c1-14-7-8-19(26-6)17(13-14)9-11-22-20(21-4)23-12-10-18-15(2)24-25(5)16(18)3/h7-8,13H,9-12H2,1-6H3,(H2,21,22,23). The maximum atomic E-state index is 5.44. The van der Waals surface area contributed by atoms with Gasteiger partial charge in [0.05, 0.1) is 12.8 Å². The smallest absolute Gasteiger partial charge is 0.190 e. The number of nitrogens with one attached hydrogen (secondary N) is 2. The van der Waals surface area contributed by atoms with Gasteiger partial charge in [-0.05, 0) is 50.8 Å². The number of aliphatic imine (C=N–C) groups is 1. The van der Waals surface area contributed by atoms with Crippen molar-refractivity contribution in [1.82, 2.24) is 20.4 Å². The second-order valence-corrected chi connectivity index (χ2v) is 6.51. The van der Waals surface area contributed by atoms with E-state index in [0.717, 1.165) is 43.3 Å². The summed E-state index contributed by atoms with van der Waals surface area (Å²) < 4.78 is 7.38. The topological polar surface area (TPSA) is 63.5 Å². The third-order valence-electron chi connectivity index (χ3n) is 4.67. The van der Waals surface area contributed by atoms with Crippen molar-refractivity contribution in [3.63, 3.8) is 0 Å². The lowest BCUT2D eigenvalue weighted by molar-refractivity contribution is 0.409. The fraction of sp³-hybridized carbons (Fsp3) is 0.500. The summed E-state index contributed by atoms with van der Waals surface area (Å²) in [6.45, 7) is 7.88. The molecule has 1 aromatic carbocycles. The molecule has 2 N–H and O–H groups in total. The number of nitrogens with zero attached hydrogens (tertiary/aromatic N) is 3. The Morgan fingerprint density at radius 1 is 1.15 bits per heavy atom. The lowest BCUT2D eigenvalue weighted by Gasteiger charge is -2.13. The molecular formula is C20H31N5O. The third-order valence-corrected chi connectivity index (χ3v) is 4.67. The number of aryl methyl sites for hydroxylation is 3. The second kappa shape index (κ2) is 9.27. The van der Waals surface area contributed by atoms with Crippen LogP contribution in [0.5, 0.6) is 5.75 Å². The molecule has 1 heterocycles. The Morgan fingerprint density at radius 2 is 1.85 bits per heavy atom. The molecule has 0 bridgehead atoms. The second-order valence-electron chi connectivity index (χ2n) is 6.51. The Morgan fingerprint density at radius 3 is 2.42 bits per heavy atom. The van der Waals surface area contributed by atoms with E-state index >= 15 is 0 Å². The van der Waals surface area contributed by atoms with Crippen molar-refractivity contribution in [3.8, 4) is 5.75 Å². The van der Waals surface area contributed by atoms with Crippen LogP contribution in [0, 0.1) is 20.8 Å². The quantitative estimate of drug-likeness (QED) is 0.590. The first kappa shape index (κ1) is 19.8. The third kappa shape index (κ3) is 5.00. The highest BCUT2D eigenvalue weighted by atomic mass is 16.5. The van der Waals surface area contributed by atoms with E-state index in [9.17, 15) is 0 Å². The van der Waals surface area contributed by atoms with Crippen molar-refractivity contribution < 1.29 is 4.74 Å². The largest absolute Gasteiger partial charge is 0.496 e. The number of hydrogen-bond donors (Lipinski definition) is 2. The summed E-state index contributed by atoms with van der Waals surface area (Å²) in [5.41, 5.74) is 6.07. The maximum absolute atomic E-state index is 5.44. The maximum Gasteiger partial charge on any atom is 0.190 e. The number of rotatable bonds is 7. The van der Waals surface area contributed by atoms with Crippen LogP contribution < -0.4 is 15.4 Å². The molecule has 2 aromatic rings. The number of aromatic nitrogens is 2. The normalized spacial score (nSPS) is 11.5. The molecule has 1 aromatic heterocycles. The first-order valence-corrected chi connectivity index (χ1v) is 9.03. The van der Waals surface area contributed by atoms with E-state index in [-0.39, 0.29) is 0 Å². The van der Waals surface area contributed by atoms with Gasteiger partial charge >= 0.3 is 0 Å². The average molecular weight is 358 g/mol. The Balaban J connectivity index is 1.82. The van der Waals surface area contributed by atoms with Gasteiger partial charge in [-0.3, -0.25) is 9.67 Å². The zero-order valence-electron chi connectivity index (χ0n) is 16.8. The zero-order valence-corrected chi connectivity index (χ0v) is 16.8. The summed E-state index contributed by atoms with van der Waals surface area (Å²) in [5, 5.41) is 11.2. The van der Waals surface area contributed by atoms with Crippen molar-refractivity contribution in [1.29, 1.82) is 0 Å². The van der Waals surface area contributed by atoms with E-state index in [1.165, 1.54) is 22.4 Å². The van der Waals surface area contributed by atoms with Crippen molar-refractivity contribution >= 4 is 5.96 Å². The summed E-state index contributed by atoms with van der Waals surface area (Å²) in [6.07, 6.45) is 1.81. The minimum absolute atomic E-state index is 0.796. The van der Waals surface area contributed by atoms with Gasteiger partial charge in [-0.1, -0.05) is 17.7 Å². The van der Waals surface area contributed by atoms with Crippen LogP contribution in [-0.4, -0.2) is 43.0 Å². The van der Waals surface area contributed by atoms with Crippen LogP contribution in [0.4, 0.5) is 0 Å². The number of ether oxygens (including phenoxy) is 1. The Bertz CT molecular complexity index is 764. The summed E-state index contributed by atoms with van der Waals surface area (Å²) in [5.74, 6) is 1.75. The van der Waals surface area contributed by atoms with Crippen LogP contribution in [0.3, 0.4) is 0 Å². The van der Waals surface area contributed by atoms with Crippen molar-refractivity contribution in [3.05, 3.63) is 46.3 Å². The Hall–Kier alpha value is -2.50. The van der Waals surface area contributed by atoms with E-state index in [2.05, 4.69) is 53.6 Å². The van der Waals surface area contributed by atoms with Gasteiger partial charge < -0.3 is 15.4 Å². The molecule has 0 aliphatic heterocycles. The van der Waals surface area contributed by atoms with Gasteiger partial charge in [0.1, 0.15) is 5.75 Å². The number of benzene rings is 1. The van der Waals surface area contributed by atoms with Crippen LogP contribution in [0.1, 0.15) is 28.1 Å². The van der Waals surface area contributed by atoms with E-state index in [1.54, 1.807) is 14.2 Å². The predicted octanol–water partition coefficient (Wildman–Crippen LogP) is 2.30. The molecule has 26 heavy (non-hydrogen) atoms. The average Bonchev–Trinajstić information content (AvgIpc) is 2.86. The van der Waals surface area contributed by atoms with Crippen LogP contribution in [0.2, 0.25) is 0 Å². The number of hydrogen-bond acceptors (Lipinski definition) is 3. The Kier molecular flexibility index (Phi) is 7.06. The molecule has 6 nitrogen and oxygen atoms in total. The van der Waals surface area contributed by atoms with Gasteiger partial charge in [0.25, 0.3) is 0 Å². The van der Waals surface area contributed by atoms with E-state index in [1.807, 2.05) is 17.8 Å². The molecule has 6 heteroatoms. The molecule has 142 valence electrons. The summed E-state index contributed by atoms with van der Waals surface area (Å²) in [7, 11) is 5.49. The fourth-order valence-corrected chi connectivity index (χ4v) is 3.12. The molecule has 0 atom stereocenters. The molecule has 0 saturated heterocycles. The van der Waals surface area contributed by atoms with Crippen LogP contribution in [0.15, 0.2) is 23.2 Å². The van der Waals surface area contributed by atoms with E-state index < -0.39 is 0 Å². The van der Waals surface area contributed by atoms with Crippen molar-refractivity contribution in [2.75, 3.05) is 27.2 Å². The summed E-state index contributed by atoms with van der Waals surface area (Å²) >= 11 is 0. The number of guanidine groups is 1. The van der Waals surface area contributed by atoms with Gasteiger partial charge in [0, 0.05) is 32.9 Å². The van der Waals surface area contributed by atoms with E-state index in [0.29, 0.717) is 0 Å². The summed E-state index contributed by atoms with van der Waals surface area (Å²) in [6, 6.07) is 6.26. The lowest BCUT2D eigenvalue weighted by Crippen LogP contribution is -2.39. The fourth-order valence-electron chi connectivity index (χ4n) is 3.12. The molecule has 0 amide bonds. The molecule has 0 spiro atoms. The zero-order chi connectivity index (χ0) is 19.1. The SMILES string of the molecule is CN=C(NCCc1cc(C)ccc1OC)NCCc1c(C)nn(C)c1C. The first-order valence-electron chi connectivity index (χ1n) is 9.03. The number of methoxy groups -OCH3 is 1. The highest BCUT2D eigenvalue weighted by Gasteiger charge is 2.09. The van der Waals surface area contributed by atoms with Gasteiger partial charge in [0.2, 0.25) is 0 Å². The molecular weight excluding hydrogens is 326 g/mol. The molecule has 2 rings (SSSR count). The van der Waals surface area contributed by atoms with Gasteiger partial charge in [-0.25, -0.2) is 0 Å². The molecule has 0 fully saturated rings. The molecule has 0 aliphatic rings. The van der Waals surface area contributed by atoms with Crippen LogP contribution >= 0.6 is 0 Å². The van der Waals surface area contributed by atoms with Crippen LogP contribution in [0.25, 0.3) is 0 Å². The Labute approximate surface area is 156 Å². The van der Waals surface area contributed by atoms with E-state index in [4.69, 9.17) is 4.74 Å². The van der Waals surface area contributed by atoms with Gasteiger partial charge in [-0.15, -0.1) is 0 Å². The summed E-state index contributed by atoms with van der Waals surface area (Å²) in [4.78, 5) is 4.30. The minimum atomic E-state index is 0.796. The molecule has 0 saturated carbocycles. The van der Waals surface area contributed by atoms with Crippen molar-refractivity contribution in [2.24, 2.45) is 12.0 Å². The molecule has 0 radical (unpaired) electrons. The highest BCUT2D eigenvalue weighted by Crippen LogP contribution is 2.19. The monoisotopic (exact) mass is 357 g/mol. The van der Waals surface area contributed by atoms with Crippen LogP contribution in [-0.2, 0) is 19.9 Å². The molecule has 0 aliphatic carbocycles. The highest BCUT2D eigenvalue weighted by molar-refractivity contribution is 5.79. The molecule has 0 unspecified atom stereocenters. The van der Waals surface area contributed by atoms with Gasteiger partial charge in [0.15, 0.2) is 5.96 Å². The lowest BCUT2D eigenvalue weighted by atomic mass is 10.1. The first-order chi connectivity index (χ1) is 12.5. The van der Waals surface area contributed by atoms with Crippen molar-refractivity contribution in [2.45, 2.75) is 33.6 Å². The minimum Gasteiger partial charge on any atom is -0.496 e. The van der Waals surface area contributed by atoms with Gasteiger partial charge in [-0.2, -0.15) is 5.10 Å².